The maximum Gasteiger partial charge on any atom is 0.573 e. The predicted octanol–water partition coefficient (Wildman–Crippen LogP) is 1.91. The Morgan fingerprint density at radius 3 is 2.60 bits per heavy atom. The SMILES string of the molecule is NCc1nc(Br)c(O)cc1OC(F)(F)F. The highest BCUT2D eigenvalue weighted by molar-refractivity contribution is 9.10. The summed E-state index contributed by atoms with van der Waals surface area (Å²) in [7, 11) is 0. The molecule has 0 aliphatic rings. The average Bonchev–Trinajstić information content (AvgIpc) is 2.08. The number of halogens is 4. The van der Waals surface area contributed by atoms with Crippen LogP contribution in [0.2, 0.25) is 0 Å². The maximum atomic E-state index is 11.9. The van der Waals surface area contributed by atoms with Crippen molar-refractivity contribution in [3.05, 3.63) is 16.4 Å². The van der Waals surface area contributed by atoms with Gasteiger partial charge in [-0.2, -0.15) is 0 Å². The van der Waals surface area contributed by atoms with Gasteiger partial charge in [0.25, 0.3) is 0 Å². The zero-order chi connectivity index (χ0) is 11.6. The molecule has 8 heteroatoms. The van der Waals surface area contributed by atoms with E-state index in [1.165, 1.54) is 0 Å². The summed E-state index contributed by atoms with van der Waals surface area (Å²) in [6, 6.07) is 0.798. The van der Waals surface area contributed by atoms with Crippen LogP contribution in [0.1, 0.15) is 5.69 Å². The summed E-state index contributed by atoms with van der Waals surface area (Å²) < 4.78 is 39.4. The molecule has 0 radical (unpaired) electrons. The van der Waals surface area contributed by atoms with E-state index in [1.54, 1.807) is 0 Å². The molecule has 0 atom stereocenters. The minimum absolute atomic E-state index is 0.0116. The van der Waals surface area contributed by atoms with E-state index in [0.717, 1.165) is 6.07 Å². The first-order valence-corrected chi connectivity index (χ1v) is 4.47. The van der Waals surface area contributed by atoms with Crippen LogP contribution in [0.3, 0.4) is 0 Å². The molecule has 1 aromatic rings. The van der Waals surface area contributed by atoms with E-state index in [1.807, 2.05) is 0 Å². The summed E-state index contributed by atoms with van der Waals surface area (Å²) in [6.07, 6.45) is -4.84. The van der Waals surface area contributed by atoms with Crippen LogP contribution < -0.4 is 10.5 Å². The lowest BCUT2D eigenvalue weighted by Crippen LogP contribution is -2.19. The number of pyridine rings is 1. The number of aromatic nitrogens is 1. The summed E-state index contributed by atoms with van der Waals surface area (Å²) in [5, 5.41) is 9.12. The second-order valence-electron chi connectivity index (χ2n) is 2.50. The van der Waals surface area contributed by atoms with Crippen molar-refractivity contribution in [3.8, 4) is 11.5 Å². The summed E-state index contributed by atoms with van der Waals surface area (Å²) in [5.74, 6) is -1.06. The largest absolute Gasteiger partial charge is 0.573 e. The van der Waals surface area contributed by atoms with Gasteiger partial charge in [-0.05, 0) is 15.9 Å². The van der Waals surface area contributed by atoms with Crippen molar-refractivity contribution in [1.82, 2.24) is 4.98 Å². The molecule has 1 aromatic heterocycles. The highest BCUT2D eigenvalue weighted by Gasteiger charge is 2.32. The van der Waals surface area contributed by atoms with Crippen LogP contribution in [0.4, 0.5) is 13.2 Å². The molecular formula is C7H6BrF3N2O2. The number of nitrogens with two attached hydrogens (primary N) is 1. The number of hydrogen-bond donors (Lipinski definition) is 2. The van der Waals surface area contributed by atoms with Crippen molar-refractivity contribution in [2.24, 2.45) is 5.73 Å². The van der Waals surface area contributed by atoms with Crippen molar-refractivity contribution in [3.63, 3.8) is 0 Å². The Morgan fingerprint density at radius 2 is 2.13 bits per heavy atom. The van der Waals surface area contributed by atoms with Gasteiger partial charge < -0.3 is 15.6 Å². The lowest BCUT2D eigenvalue weighted by molar-refractivity contribution is -0.275. The molecule has 0 bridgehead atoms. The third-order valence-corrected chi connectivity index (χ3v) is 2.00. The molecule has 0 spiro atoms. The number of rotatable bonds is 2. The van der Waals surface area contributed by atoms with Crippen LogP contribution in [0, 0.1) is 0 Å². The Hall–Kier alpha value is -1.02. The van der Waals surface area contributed by atoms with Gasteiger partial charge in [-0.15, -0.1) is 13.2 Å². The van der Waals surface area contributed by atoms with Gasteiger partial charge in [-0.25, -0.2) is 4.98 Å². The molecule has 0 aliphatic heterocycles. The quantitative estimate of drug-likeness (QED) is 0.815. The molecule has 84 valence electrons. The Labute approximate surface area is 91.0 Å². The van der Waals surface area contributed by atoms with Crippen LogP contribution in [-0.2, 0) is 6.54 Å². The van der Waals surface area contributed by atoms with E-state index in [2.05, 4.69) is 25.7 Å². The first kappa shape index (κ1) is 12.1. The summed E-state index contributed by atoms with van der Waals surface area (Å²) in [5.41, 5.74) is 5.08. The summed E-state index contributed by atoms with van der Waals surface area (Å²) in [4.78, 5) is 3.59. The van der Waals surface area contributed by atoms with E-state index in [0.29, 0.717) is 0 Å². The first-order chi connectivity index (χ1) is 6.83. The number of alkyl halides is 3. The fourth-order valence-electron chi connectivity index (χ4n) is 0.857. The zero-order valence-corrected chi connectivity index (χ0v) is 8.76. The molecule has 4 nitrogen and oxygen atoms in total. The van der Waals surface area contributed by atoms with E-state index in [-0.39, 0.29) is 16.8 Å². The molecule has 0 unspecified atom stereocenters. The lowest BCUT2D eigenvalue weighted by Gasteiger charge is -2.12. The number of hydrogen-bond acceptors (Lipinski definition) is 4. The van der Waals surface area contributed by atoms with E-state index >= 15 is 0 Å². The Kier molecular flexibility index (Phi) is 3.40. The fraction of sp³-hybridized carbons (Fsp3) is 0.286. The minimum Gasteiger partial charge on any atom is -0.505 e. The molecule has 0 amide bonds. The molecule has 0 saturated carbocycles. The van der Waals surface area contributed by atoms with Crippen LogP contribution >= 0.6 is 15.9 Å². The smallest absolute Gasteiger partial charge is 0.505 e. The van der Waals surface area contributed by atoms with Gasteiger partial charge in [0, 0.05) is 12.6 Å². The highest BCUT2D eigenvalue weighted by Crippen LogP contribution is 2.32. The van der Waals surface area contributed by atoms with Crippen LogP contribution in [0.5, 0.6) is 11.5 Å². The zero-order valence-electron chi connectivity index (χ0n) is 7.18. The van der Waals surface area contributed by atoms with Crippen molar-refractivity contribution < 1.29 is 23.0 Å². The third-order valence-electron chi connectivity index (χ3n) is 1.42. The molecule has 1 rings (SSSR count). The van der Waals surface area contributed by atoms with Gasteiger partial charge in [-0.1, -0.05) is 0 Å². The summed E-state index contributed by atoms with van der Waals surface area (Å²) >= 11 is 2.85. The van der Waals surface area contributed by atoms with Crippen molar-refractivity contribution >= 4 is 15.9 Å². The van der Waals surface area contributed by atoms with Gasteiger partial charge in [0.15, 0.2) is 11.5 Å². The topological polar surface area (TPSA) is 68.4 Å². The molecular weight excluding hydrogens is 281 g/mol. The molecule has 3 N–H and O–H groups in total. The van der Waals surface area contributed by atoms with Crippen molar-refractivity contribution in [1.29, 1.82) is 0 Å². The third kappa shape index (κ3) is 3.24. The lowest BCUT2D eigenvalue weighted by atomic mass is 10.3. The predicted molar refractivity (Wildman–Crippen MR) is 48.2 cm³/mol. The number of ether oxygens (including phenoxy) is 1. The maximum absolute atomic E-state index is 11.9. The first-order valence-electron chi connectivity index (χ1n) is 3.67. The van der Waals surface area contributed by atoms with E-state index < -0.39 is 17.9 Å². The van der Waals surface area contributed by atoms with Gasteiger partial charge in [0.2, 0.25) is 0 Å². The molecule has 15 heavy (non-hydrogen) atoms. The summed E-state index contributed by atoms with van der Waals surface area (Å²) in [6.45, 7) is -0.232. The van der Waals surface area contributed by atoms with Gasteiger partial charge in [-0.3, -0.25) is 0 Å². The molecule has 0 aromatic carbocycles. The molecule has 0 fully saturated rings. The van der Waals surface area contributed by atoms with Crippen molar-refractivity contribution in [2.45, 2.75) is 12.9 Å². The van der Waals surface area contributed by atoms with Crippen LogP contribution in [0.25, 0.3) is 0 Å². The van der Waals surface area contributed by atoms with Gasteiger partial charge in [0.05, 0.1) is 5.69 Å². The van der Waals surface area contributed by atoms with Gasteiger partial charge >= 0.3 is 6.36 Å². The average molecular weight is 287 g/mol. The van der Waals surface area contributed by atoms with Crippen LogP contribution in [-0.4, -0.2) is 16.5 Å². The minimum atomic E-state index is -4.84. The Balaban J connectivity index is 3.11. The Morgan fingerprint density at radius 1 is 1.53 bits per heavy atom. The Bertz CT molecular complexity index is 370. The number of aromatic hydroxyl groups is 1. The number of nitrogens with zero attached hydrogens (tertiary/aromatic N) is 1. The normalized spacial score (nSPS) is 11.5. The fourth-order valence-corrected chi connectivity index (χ4v) is 1.19. The highest BCUT2D eigenvalue weighted by atomic mass is 79.9. The van der Waals surface area contributed by atoms with E-state index in [9.17, 15) is 13.2 Å². The second-order valence-corrected chi connectivity index (χ2v) is 3.25. The van der Waals surface area contributed by atoms with E-state index in [4.69, 9.17) is 10.8 Å². The van der Waals surface area contributed by atoms with Crippen LogP contribution in [0.15, 0.2) is 10.7 Å². The standard InChI is InChI=1S/C7H6BrF3N2O2/c8-6-4(14)1-5(3(2-12)13-6)15-7(9,10)11/h1,14H,2,12H2. The monoisotopic (exact) mass is 286 g/mol. The van der Waals surface area contributed by atoms with Crippen molar-refractivity contribution in [2.75, 3.05) is 0 Å². The molecule has 1 heterocycles. The molecule has 0 aliphatic carbocycles. The second kappa shape index (κ2) is 4.23. The molecule has 0 saturated heterocycles. The van der Waals surface area contributed by atoms with Gasteiger partial charge in [0.1, 0.15) is 4.60 Å².